The van der Waals surface area contributed by atoms with Crippen LogP contribution in [0.5, 0.6) is 0 Å². The van der Waals surface area contributed by atoms with Crippen LogP contribution in [-0.4, -0.2) is 29.5 Å². The number of hydrogen-bond donors (Lipinski definition) is 1. The molecule has 0 spiro atoms. The Balaban J connectivity index is 1.98. The zero-order valence-electron chi connectivity index (χ0n) is 10.2. The lowest BCUT2D eigenvalue weighted by Gasteiger charge is -2.20. The zero-order chi connectivity index (χ0) is 12.1. The van der Waals surface area contributed by atoms with Crippen molar-refractivity contribution in [1.29, 1.82) is 5.26 Å². The predicted molar refractivity (Wildman–Crippen MR) is 67.4 cm³/mol. The van der Waals surface area contributed by atoms with Gasteiger partial charge in [0, 0.05) is 32.6 Å². The second kappa shape index (κ2) is 5.65. The summed E-state index contributed by atoms with van der Waals surface area (Å²) in [5, 5.41) is 11.7. The third-order valence-electron chi connectivity index (χ3n) is 3.00. The van der Waals surface area contributed by atoms with Gasteiger partial charge in [0.1, 0.15) is 5.82 Å². The van der Waals surface area contributed by atoms with Crippen molar-refractivity contribution in [2.24, 2.45) is 0 Å². The van der Waals surface area contributed by atoms with E-state index in [-0.39, 0.29) is 0 Å². The van der Waals surface area contributed by atoms with Gasteiger partial charge in [0.15, 0.2) is 0 Å². The largest absolute Gasteiger partial charge is 0.373 e. The first-order valence-electron chi connectivity index (χ1n) is 6.08. The lowest BCUT2D eigenvalue weighted by atomic mass is 10.3. The van der Waals surface area contributed by atoms with Crippen LogP contribution >= 0.6 is 0 Å². The molecule has 0 atom stereocenters. The van der Waals surface area contributed by atoms with Gasteiger partial charge in [0.05, 0.1) is 11.8 Å². The van der Waals surface area contributed by atoms with Gasteiger partial charge in [-0.05, 0) is 25.0 Å². The van der Waals surface area contributed by atoms with Gasteiger partial charge in [-0.25, -0.2) is 4.98 Å². The Labute approximate surface area is 102 Å². The molecular formula is C13H18N4. The Hall–Kier alpha value is -1.60. The molecule has 17 heavy (non-hydrogen) atoms. The van der Waals surface area contributed by atoms with E-state index in [0.717, 1.165) is 24.6 Å². The summed E-state index contributed by atoms with van der Waals surface area (Å²) >= 11 is 0. The predicted octanol–water partition coefficient (Wildman–Crippen LogP) is 2.00. The SMILES string of the molecule is CNc1cccc(CN(CCC#N)C2CC2)n1. The molecule has 0 amide bonds. The molecule has 0 bridgehead atoms. The Morgan fingerprint density at radius 1 is 1.53 bits per heavy atom. The topological polar surface area (TPSA) is 52.0 Å². The number of anilines is 1. The van der Waals surface area contributed by atoms with E-state index in [9.17, 15) is 0 Å². The van der Waals surface area contributed by atoms with E-state index in [4.69, 9.17) is 5.26 Å². The molecule has 4 nitrogen and oxygen atoms in total. The standard InChI is InChI=1S/C13H18N4/c1-15-13-5-2-4-11(16-13)10-17(9-3-8-14)12-6-7-12/h2,4-5,12H,3,6-7,9-10H2,1H3,(H,15,16). The third-order valence-corrected chi connectivity index (χ3v) is 3.00. The lowest BCUT2D eigenvalue weighted by Crippen LogP contribution is -2.27. The van der Waals surface area contributed by atoms with Crippen LogP contribution < -0.4 is 5.32 Å². The molecule has 1 saturated carbocycles. The highest BCUT2D eigenvalue weighted by molar-refractivity contribution is 5.34. The molecule has 1 aromatic rings. The molecule has 1 fully saturated rings. The van der Waals surface area contributed by atoms with Crippen molar-refractivity contribution in [2.45, 2.75) is 31.8 Å². The molecule has 4 heteroatoms. The average molecular weight is 230 g/mol. The summed E-state index contributed by atoms with van der Waals surface area (Å²) in [6.07, 6.45) is 3.12. The molecular weight excluding hydrogens is 212 g/mol. The van der Waals surface area contributed by atoms with Gasteiger partial charge >= 0.3 is 0 Å². The lowest BCUT2D eigenvalue weighted by molar-refractivity contribution is 0.258. The average Bonchev–Trinajstić information content (AvgIpc) is 3.19. The van der Waals surface area contributed by atoms with Crippen molar-refractivity contribution in [3.05, 3.63) is 23.9 Å². The van der Waals surface area contributed by atoms with Crippen molar-refractivity contribution >= 4 is 5.82 Å². The van der Waals surface area contributed by atoms with Crippen molar-refractivity contribution < 1.29 is 0 Å². The molecule has 0 saturated heterocycles. The molecule has 1 aromatic heterocycles. The summed E-state index contributed by atoms with van der Waals surface area (Å²) < 4.78 is 0. The molecule has 0 aliphatic heterocycles. The van der Waals surface area contributed by atoms with Crippen molar-refractivity contribution in [2.75, 3.05) is 18.9 Å². The zero-order valence-corrected chi connectivity index (χ0v) is 10.2. The van der Waals surface area contributed by atoms with Crippen LogP contribution in [0.3, 0.4) is 0 Å². The summed E-state index contributed by atoms with van der Waals surface area (Å²) in [6, 6.07) is 8.90. The smallest absolute Gasteiger partial charge is 0.126 e. The van der Waals surface area contributed by atoms with E-state index in [1.807, 2.05) is 25.2 Å². The maximum atomic E-state index is 8.66. The Kier molecular flexibility index (Phi) is 3.94. The number of hydrogen-bond acceptors (Lipinski definition) is 4. The summed E-state index contributed by atoms with van der Waals surface area (Å²) in [5.41, 5.74) is 1.07. The first-order valence-corrected chi connectivity index (χ1v) is 6.08. The van der Waals surface area contributed by atoms with E-state index in [1.54, 1.807) is 0 Å². The first kappa shape index (κ1) is 11.9. The number of nitrogens with zero attached hydrogens (tertiary/aromatic N) is 3. The summed E-state index contributed by atoms with van der Waals surface area (Å²) in [7, 11) is 1.88. The molecule has 1 N–H and O–H groups in total. The van der Waals surface area contributed by atoms with Crippen molar-refractivity contribution in [1.82, 2.24) is 9.88 Å². The van der Waals surface area contributed by atoms with Crippen LogP contribution in [0, 0.1) is 11.3 Å². The molecule has 0 unspecified atom stereocenters. The molecule has 2 rings (SSSR count). The number of nitrogens with one attached hydrogen (secondary N) is 1. The molecule has 1 aliphatic rings. The van der Waals surface area contributed by atoms with E-state index in [0.29, 0.717) is 12.5 Å². The second-order valence-corrected chi connectivity index (χ2v) is 4.37. The molecule has 1 heterocycles. The number of aromatic nitrogens is 1. The minimum absolute atomic E-state index is 0.599. The van der Waals surface area contributed by atoms with Gasteiger partial charge in [-0.15, -0.1) is 0 Å². The Morgan fingerprint density at radius 2 is 2.35 bits per heavy atom. The minimum atomic E-state index is 0.599. The fourth-order valence-corrected chi connectivity index (χ4v) is 1.94. The van der Waals surface area contributed by atoms with Gasteiger partial charge < -0.3 is 5.32 Å². The van der Waals surface area contributed by atoms with E-state index in [2.05, 4.69) is 21.3 Å². The van der Waals surface area contributed by atoms with Gasteiger partial charge in [0.2, 0.25) is 0 Å². The van der Waals surface area contributed by atoms with Crippen LogP contribution in [0.15, 0.2) is 18.2 Å². The highest BCUT2D eigenvalue weighted by atomic mass is 15.2. The molecule has 1 aliphatic carbocycles. The van der Waals surface area contributed by atoms with Gasteiger partial charge in [0.25, 0.3) is 0 Å². The van der Waals surface area contributed by atoms with Crippen molar-refractivity contribution in [3.63, 3.8) is 0 Å². The van der Waals surface area contributed by atoms with E-state index >= 15 is 0 Å². The van der Waals surface area contributed by atoms with Crippen LogP contribution in [-0.2, 0) is 6.54 Å². The Morgan fingerprint density at radius 3 is 3.00 bits per heavy atom. The third kappa shape index (κ3) is 3.43. The minimum Gasteiger partial charge on any atom is -0.373 e. The monoisotopic (exact) mass is 230 g/mol. The van der Waals surface area contributed by atoms with E-state index < -0.39 is 0 Å². The van der Waals surface area contributed by atoms with Gasteiger partial charge in [-0.1, -0.05) is 6.07 Å². The quantitative estimate of drug-likeness (QED) is 0.812. The summed E-state index contributed by atoms with van der Waals surface area (Å²) in [4.78, 5) is 6.88. The maximum Gasteiger partial charge on any atom is 0.126 e. The maximum absolute atomic E-state index is 8.66. The Bertz CT molecular complexity index is 406. The summed E-state index contributed by atoms with van der Waals surface area (Å²) in [6.45, 7) is 1.70. The first-order chi connectivity index (χ1) is 8.33. The second-order valence-electron chi connectivity index (χ2n) is 4.37. The highest BCUT2D eigenvalue weighted by Crippen LogP contribution is 2.28. The fraction of sp³-hybridized carbons (Fsp3) is 0.538. The normalized spacial score (nSPS) is 14.6. The van der Waals surface area contributed by atoms with Crippen LogP contribution in [0.2, 0.25) is 0 Å². The van der Waals surface area contributed by atoms with Crippen molar-refractivity contribution in [3.8, 4) is 6.07 Å². The fourth-order valence-electron chi connectivity index (χ4n) is 1.94. The summed E-state index contributed by atoms with van der Waals surface area (Å²) in [5.74, 6) is 0.901. The van der Waals surface area contributed by atoms with Crippen LogP contribution in [0.4, 0.5) is 5.82 Å². The number of nitriles is 1. The molecule has 0 radical (unpaired) electrons. The number of pyridine rings is 1. The number of rotatable bonds is 6. The highest BCUT2D eigenvalue weighted by Gasteiger charge is 2.28. The molecule has 90 valence electrons. The molecule has 0 aromatic carbocycles. The van der Waals surface area contributed by atoms with Gasteiger partial charge in [-0.3, -0.25) is 4.90 Å². The van der Waals surface area contributed by atoms with Crippen LogP contribution in [0.25, 0.3) is 0 Å². The van der Waals surface area contributed by atoms with Gasteiger partial charge in [-0.2, -0.15) is 5.26 Å². The van der Waals surface area contributed by atoms with Crippen LogP contribution in [0.1, 0.15) is 25.0 Å². The van der Waals surface area contributed by atoms with E-state index in [1.165, 1.54) is 12.8 Å².